The first-order valence-electron chi connectivity index (χ1n) is 10.9. The number of nitrogens with zero attached hydrogens (tertiary/aromatic N) is 2. The standard InChI is InChI=1S/C25H21F3N6O3/c1-34(2)22(35)15-8-6-14(7-9-15)16-10-11-20(19(12-16)21-31-24(37)33-32-21)30-23(36)29-18-5-3-4-17(13-18)25(26,27)28/h3-13H,1-2H3,(H2,29,30,36)(H2,31,32,33,37). The summed E-state index contributed by atoms with van der Waals surface area (Å²) in [5.74, 6) is -0.00621. The Kier molecular flexibility index (Phi) is 6.83. The molecule has 12 heteroatoms. The van der Waals surface area contributed by atoms with E-state index in [0.29, 0.717) is 16.7 Å². The predicted molar refractivity (Wildman–Crippen MR) is 132 cm³/mol. The van der Waals surface area contributed by atoms with Gasteiger partial charge < -0.3 is 15.5 Å². The van der Waals surface area contributed by atoms with E-state index in [0.717, 1.165) is 17.7 Å². The zero-order chi connectivity index (χ0) is 26.7. The van der Waals surface area contributed by atoms with Crippen LogP contribution >= 0.6 is 0 Å². The smallest absolute Gasteiger partial charge is 0.345 e. The van der Waals surface area contributed by atoms with Gasteiger partial charge in [0.1, 0.15) is 0 Å². The molecule has 0 bridgehead atoms. The second-order valence-electron chi connectivity index (χ2n) is 8.22. The Morgan fingerprint density at radius 2 is 1.62 bits per heavy atom. The Balaban J connectivity index is 1.62. The molecule has 190 valence electrons. The number of benzene rings is 3. The Morgan fingerprint density at radius 3 is 2.24 bits per heavy atom. The van der Waals surface area contributed by atoms with Gasteiger partial charge in [-0.25, -0.2) is 14.7 Å². The zero-order valence-corrected chi connectivity index (χ0v) is 19.6. The van der Waals surface area contributed by atoms with Crippen molar-refractivity contribution in [3.8, 4) is 22.5 Å². The monoisotopic (exact) mass is 510 g/mol. The summed E-state index contributed by atoms with van der Waals surface area (Å²) >= 11 is 0. The highest BCUT2D eigenvalue weighted by Gasteiger charge is 2.30. The fourth-order valence-corrected chi connectivity index (χ4v) is 3.55. The van der Waals surface area contributed by atoms with Crippen LogP contribution in [-0.4, -0.2) is 46.1 Å². The van der Waals surface area contributed by atoms with Crippen molar-refractivity contribution in [1.82, 2.24) is 20.1 Å². The van der Waals surface area contributed by atoms with Crippen molar-refractivity contribution in [3.63, 3.8) is 0 Å². The van der Waals surface area contributed by atoms with Crippen molar-refractivity contribution in [2.45, 2.75) is 6.18 Å². The lowest BCUT2D eigenvalue weighted by Gasteiger charge is -2.14. The van der Waals surface area contributed by atoms with E-state index in [4.69, 9.17) is 0 Å². The molecule has 1 heterocycles. The molecule has 4 N–H and O–H groups in total. The third kappa shape index (κ3) is 5.86. The van der Waals surface area contributed by atoms with Gasteiger partial charge in [0.2, 0.25) is 0 Å². The van der Waals surface area contributed by atoms with E-state index in [1.165, 1.54) is 17.0 Å². The highest BCUT2D eigenvalue weighted by Crippen LogP contribution is 2.32. The summed E-state index contributed by atoms with van der Waals surface area (Å²) in [5, 5.41) is 11.1. The van der Waals surface area contributed by atoms with E-state index in [2.05, 4.69) is 25.8 Å². The average Bonchev–Trinajstić information content (AvgIpc) is 3.29. The third-order valence-electron chi connectivity index (χ3n) is 5.34. The number of halogens is 3. The summed E-state index contributed by atoms with van der Waals surface area (Å²) in [6.07, 6.45) is -4.55. The zero-order valence-electron chi connectivity index (χ0n) is 19.6. The minimum Gasteiger partial charge on any atom is -0.345 e. The van der Waals surface area contributed by atoms with Crippen LogP contribution in [-0.2, 0) is 6.18 Å². The van der Waals surface area contributed by atoms with Gasteiger partial charge in [0.15, 0.2) is 5.82 Å². The lowest BCUT2D eigenvalue weighted by molar-refractivity contribution is -0.137. The minimum atomic E-state index is -4.55. The number of hydrogen-bond donors (Lipinski definition) is 4. The first-order chi connectivity index (χ1) is 17.5. The van der Waals surface area contributed by atoms with E-state index < -0.39 is 23.5 Å². The average molecular weight is 510 g/mol. The van der Waals surface area contributed by atoms with Crippen LogP contribution in [0.3, 0.4) is 0 Å². The molecule has 0 unspecified atom stereocenters. The molecule has 4 rings (SSSR count). The number of alkyl halides is 3. The summed E-state index contributed by atoms with van der Waals surface area (Å²) in [5.41, 5.74) is 1.05. The van der Waals surface area contributed by atoms with Crippen molar-refractivity contribution < 1.29 is 22.8 Å². The number of rotatable bonds is 5. The number of aromatic amines is 2. The van der Waals surface area contributed by atoms with E-state index in [1.54, 1.807) is 56.6 Å². The fraction of sp³-hybridized carbons (Fsp3) is 0.120. The van der Waals surface area contributed by atoms with Gasteiger partial charge >= 0.3 is 17.9 Å². The maximum absolute atomic E-state index is 13.0. The summed E-state index contributed by atoms with van der Waals surface area (Å²) in [7, 11) is 3.31. The molecule has 3 aromatic carbocycles. The van der Waals surface area contributed by atoms with Crippen LogP contribution in [0.5, 0.6) is 0 Å². The van der Waals surface area contributed by atoms with E-state index in [9.17, 15) is 27.6 Å². The Labute approximate surface area is 208 Å². The second kappa shape index (κ2) is 10.0. The van der Waals surface area contributed by atoms with Crippen molar-refractivity contribution in [2.75, 3.05) is 24.7 Å². The number of aromatic nitrogens is 3. The first kappa shape index (κ1) is 25.2. The molecule has 37 heavy (non-hydrogen) atoms. The molecular formula is C25H21F3N6O3. The molecule has 0 radical (unpaired) electrons. The van der Waals surface area contributed by atoms with E-state index >= 15 is 0 Å². The molecule has 0 fully saturated rings. The lowest BCUT2D eigenvalue weighted by Crippen LogP contribution is -2.21. The van der Waals surface area contributed by atoms with Gasteiger partial charge in [-0.15, -0.1) is 0 Å². The number of amides is 3. The summed E-state index contributed by atoms with van der Waals surface area (Å²) < 4.78 is 39.0. The molecule has 3 amide bonds. The van der Waals surface area contributed by atoms with Crippen LogP contribution in [0.25, 0.3) is 22.5 Å². The molecule has 0 saturated heterocycles. The Morgan fingerprint density at radius 1 is 0.919 bits per heavy atom. The summed E-state index contributed by atoms with van der Waals surface area (Å²) in [4.78, 5) is 40.4. The SMILES string of the molecule is CN(C)C(=O)c1ccc(-c2ccc(NC(=O)Nc3cccc(C(F)(F)F)c3)c(-c3n[nH]c(=O)[nH]3)c2)cc1. The molecule has 1 aromatic heterocycles. The molecule has 0 atom stereocenters. The van der Waals surface area contributed by atoms with Gasteiger partial charge in [0.05, 0.1) is 11.3 Å². The van der Waals surface area contributed by atoms with E-state index in [1.807, 2.05) is 0 Å². The third-order valence-corrected chi connectivity index (χ3v) is 5.34. The number of carbonyl (C=O) groups excluding carboxylic acids is 2. The number of carbonyl (C=O) groups is 2. The van der Waals surface area contributed by atoms with Crippen molar-refractivity contribution in [3.05, 3.63) is 88.3 Å². The van der Waals surface area contributed by atoms with Gasteiger partial charge in [-0.1, -0.05) is 24.3 Å². The van der Waals surface area contributed by atoms with E-state index in [-0.39, 0.29) is 23.1 Å². The lowest BCUT2D eigenvalue weighted by atomic mass is 10.00. The van der Waals surface area contributed by atoms with Gasteiger partial charge in [0, 0.05) is 30.9 Å². The maximum Gasteiger partial charge on any atom is 0.416 e. The normalized spacial score (nSPS) is 11.2. The van der Waals surface area contributed by atoms with Crippen molar-refractivity contribution >= 4 is 23.3 Å². The number of H-pyrrole nitrogens is 2. The minimum absolute atomic E-state index is 0.0500. The number of urea groups is 1. The predicted octanol–water partition coefficient (Wildman–Crippen LogP) is 4.80. The van der Waals surface area contributed by atoms with Crippen LogP contribution in [0.1, 0.15) is 15.9 Å². The van der Waals surface area contributed by atoms with Crippen LogP contribution in [0.15, 0.2) is 71.5 Å². The molecule has 0 aliphatic heterocycles. The molecule has 9 nitrogen and oxygen atoms in total. The molecule has 0 aliphatic rings. The largest absolute Gasteiger partial charge is 0.416 e. The Hall–Kier alpha value is -4.87. The summed E-state index contributed by atoms with van der Waals surface area (Å²) in [6.45, 7) is 0. The number of nitrogens with one attached hydrogen (secondary N) is 4. The number of anilines is 2. The molecular weight excluding hydrogens is 489 g/mol. The maximum atomic E-state index is 13.0. The Bertz CT molecular complexity index is 1510. The molecule has 0 spiro atoms. The van der Waals surface area contributed by atoms with Gasteiger partial charge in [-0.2, -0.15) is 18.3 Å². The summed E-state index contributed by atoms with van der Waals surface area (Å²) in [6, 6.07) is 15.3. The first-order valence-corrected chi connectivity index (χ1v) is 10.9. The van der Waals surface area contributed by atoms with Gasteiger partial charge in [-0.05, 0) is 53.6 Å². The fourth-order valence-electron chi connectivity index (χ4n) is 3.55. The molecule has 0 aliphatic carbocycles. The topological polar surface area (TPSA) is 123 Å². The van der Waals surface area contributed by atoms with Crippen LogP contribution < -0.4 is 16.3 Å². The van der Waals surface area contributed by atoms with Crippen LogP contribution in [0, 0.1) is 0 Å². The van der Waals surface area contributed by atoms with Crippen molar-refractivity contribution in [2.24, 2.45) is 0 Å². The number of hydrogen-bond acceptors (Lipinski definition) is 4. The second-order valence-corrected chi connectivity index (χ2v) is 8.22. The van der Waals surface area contributed by atoms with Gasteiger partial charge in [0.25, 0.3) is 5.91 Å². The highest BCUT2D eigenvalue weighted by atomic mass is 19.4. The van der Waals surface area contributed by atoms with Gasteiger partial charge in [-0.3, -0.25) is 9.78 Å². The van der Waals surface area contributed by atoms with Crippen molar-refractivity contribution in [1.29, 1.82) is 0 Å². The highest BCUT2D eigenvalue weighted by molar-refractivity contribution is 6.02. The molecule has 0 saturated carbocycles. The quantitative estimate of drug-likeness (QED) is 0.308. The molecule has 4 aromatic rings. The van der Waals surface area contributed by atoms with Crippen LogP contribution in [0.2, 0.25) is 0 Å². The van der Waals surface area contributed by atoms with Crippen LogP contribution in [0.4, 0.5) is 29.3 Å².